The molecule has 0 bridgehead atoms. The highest BCUT2D eigenvalue weighted by molar-refractivity contribution is 5.15. The van der Waals surface area contributed by atoms with E-state index in [9.17, 15) is 0 Å². The van der Waals surface area contributed by atoms with Gasteiger partial charge in [-0.2, -0.15) is 0 Å². The molecule has 0 N–H and O–H groups in total. The lowest BCUT2D eigenvalue weighted by molar-refractivity contribution is 0.0433. The first-order chi connectivity index (χ1) is 13.9. The highest BCUT2D eigenvalue weighted by Crippen LogP contribution is 2.16. The molecule has 1 unspecified atom stereocenters. The van der Waals surface area contributed by atoms with Gasteiger partial charge >= 0.3 is 0 Å². The molecule has 0 aromatic heterocycles. The van der Waals surface area contributed by atoms with Crippen molar-refractivity contribution < 1.29 is 4.74 Å². The Morgan fingerprint density at radius 3 is 1.68 bits per heavy atom. The van der Waals surface area contributed by atoms with Crippen LogP contribution in [-0.4, -0.2) is 12.7 Å². The maximum absolute atomic E-state index is 6.34. The summed E-state index contributed by atoms with van der Waals surface area (Å²) in [4.78, 5) is 0. The minimum Gasteiger partial charge on any atom is -0.378 e. The number of benzene rings is 1. The van der Waals surface area contributed by atoms with Gasteiger partial charge in [0.1, 0.15) is 0 Å². The van der Waals surface area contributed by atoms with E-state index in [0.717, 1.165) is 13.0 Å². The third-order valence-corrected chi connectivity index (χ3v) is 5.79. The predicted molar refractivity (Wildman–Crippen MR) is 125 cm³/mol. The molecule has 0 radical (unpaired) electrons. The monoisotopic (exact) mass is 388 g/mol. The zero-order chi connectivity index (χ0) is 20.1. The average molecular weight is 389 g/mol. The molecule has 0 saturated heterocycles. The Bertz CT molecular complexity index is 414. The minimum absolute atomic E-state index is 0.405. The Kier molecular flexibility index (Phi) is 17.6. The Hall–Kier alpha value is -0.820. The standard InChI is InChI=1S/C27H48O/c1-3-5-7-9-11-13-15-20-24-28-27(25-26-21-17-16-18-22-26)23-19-14-12-10-8-6-4-2/h16-18,21-22,27H,3-15,19-20,23-25H2,1-2H3. The molecule has 1 aromatic carbocycles. The third kappa shape index (κ3) is 15.1. The van der Waals surface area contributed by atoms with Crippen LogP contribution in [0.1, 0.15) is 122 Å². The van der Waals surface area contributed by atoms with Crippen LogP contribution in [0.4, 0.5) is 0 Å². The number of rotatable bonds is 20. The van der Waals surface area contributed by atoms with Gasteiger partial charge < -0.3 is 4.74 Å². The quantitative estimate of drug-likeness (QED) is 0.203. The minimum atomic E-state index is 0.405. The second-order valence-electron chi connectivity index (χ2n) is 8.57. The summed E-state index contributed by atoms with van der Waals surface area (Å²) in [6.07, 6.45) is 23.3. The molecule has 0 spiro atoms. The van der Waals surface area contributed by atoms with E-state index < -0.39 is 0 Å². The van der Waals surface area contributed by atoms with Crippen molar-refractivity contribution in [2.45, 2.75) is 129 Å². The van der Waals surface area contributed by atoms with E-state index in [2.05, 4.69) is 44.2 Å². The van der Waals surface area contributed by atoms with Crippen molar-refractivity contribution in [1.82, 2.24) is 0 Å². The fourth-order valence-electron chi connectivity index (χ4n) is 3.94. The lowest BCUT2D eigenvalue weighted by Gasteiger charge is -2.18. The van der Waals surface area contributed by atoms with Gasteiger partial charge in [0.25, 0.3) is 0 Å². The molecule has 162 valence electrons. The molecule has 1 nitrogen and oxygen atoms in total. The molecular formula is C27H48O. The first-order valence-electron chi connectivity index (χ1n) is 12.5. The highest BCUT2D eigenvalue weighted by Gasteiger charge is 2.10. The van der Waals surface area contributed by atoms with Crippen LogP contribution in [0.15, 0.2) is 30.3 Å². The first kappa shape index (κ1) is 25.2. The van der Waals surface area contributed by atoms with Gasteiger partial charge in [-0.05, 0) is 24.8 Å². The van der Waals surface area contributed by atoms with Crippen molar-refractivity contribution >= 4 is 0 Å². The molecule has 0 aliphatic rings. The average Bonchev–Trinajstić information content (AvgIpc) is 2.72. The molecule has 0 fully saturated rings. The van der Waals surface area contributed by atoms with E-state index in [-0.39, 0.29) is 0 Å². The normalized spacial score (nSPS) is 12.4. The summed E-state index contributed by atoms with van der Waals surface area (Å²) in [5.74, 6) is 0. The van der Waals surface area contributed by atoms with Gasteiger partial charge in [0.15, 0.2) is 0 Å². The fraction of sp³-hybridized carbons (Fsp3) is 0.778. The zero-order valence-electron chi connectivity index (χ0n) is 19.1. The van der Waals surface area contributed by atoms with E-state index in [4.69, 9.17) is 4.74 Å². The summed E-state index contributed by atoms with van der Waals surface area (Å²) in [7, 11) is 0. The Morgan fingerprint density at radius 1 is 0.607 bits per heavy atom. The Morgan fingerprint density at radius 2 is 1.11 bits per heavy atom. The summed E-state index contributed by atoms with van der Waals surface area (Å²) < 4.78 is 6.34. The van der Waals surface area contributed by atoms with Crippen molar-refractivity contribution in [3.63, 3.8) is 0 Å². The number of ether oxygens (including phenoxy) is 1. The zero-order valence-corrected chi connectivity index (χ0v) is 19.1. The summed E-state index contributed by atoms with van der Waals surface area (Å²) in [5.41, 5.74) is 1.42. The molecule has 0 aliphatic heterocycles. The Labute approximate surface area is 176 Å². The van der Waals surface area contributed by atoms with Crippen molar-refractivity contribution in [1.29, 1.82) is 0 Å². The van der Waals surface area contributed by atoms with E-state index >= 15 is 0 Å². The summed E-state index contributed by atoms with van der Waals surface area (Å²) in [6.45, 7) is 5.52. The summed E-state index contributed by atoms with van der Waals surface area (Å²) >= 11 is 0. The maximum Gasteiger partial charge on any atom is 0.0615 e. The van der Waals surface area contributed by atoms with Crippen molar-refractivity contribution in [2.75, 3.05) is 6.61 Å². The fourth-order valence-corrected chi connectivity index (χ4v) is 3.94. The lowest BCUT2D eigenvalue weighted by Crippen LogP contribution is -2.17. The number of hydrogen-bond donors (Lipinski definition) is 0. The smallest absolute Gasteiger partial charge is 0.0615 e. The van der Waals surface area contributed by atoms with Gasteiger partial charge in [-0.3, -0.25) is 0 Å². The van der Waals surface area contributed by atoms with Crippen LogP contribution < -0.4 is 0 Å². The maximum atomic E-state index is 6.34. The number of unbranched alkanes of at least 4 members (excludes halogenated alkanes) is 13. The van der Waals surface area contributed by atoms with E-state index in [1.54, 1.807) is 0 Å². The van der Waals surface area contributed by atoms with Gasteiger partial charge in [0, 0.05) is 6.61 Å². The summed E-state index contributed by atoms with van der Waals surface area (Å²) in [6, 6.07) is 10.9. The molecule has 0 amide bonds. The molecule has 0 saturated carbocycles. The van der Waals surface area contributed by atoms with Crippen LogP contribution in [-0.2, 0) is 11.2 Å². The third-order valence-electron chi connectivity index (χ3n) is 5.79. The van der Waals surface area contributed by atoms with Crippen molar-refractivity contribution in [3.05, 3.63) is 35.9 Å². The van der Waals surface area contributed by atoms with E-state index in [1.807, 2.05) is 0 Å². The second kappa shape index (κ2) is 19.5. The molecule has 1 atom stereocenters. The molecular weight excluding hydrogens is 340 g/mol. The van der Waals surface area contributed by atoms with Crippen LogP contribution >= 0.6 is 0 Å². The molecule has 28 heavy (non-hydrogen) atoms. The van der Waals surface area contributed by atoms with Gasteiger partial charge in [-0.15, -0.1) is 0 Å². The molecule has 0 heterocycles. The van der Waals surface area contributed by atoms with Crippen molar-refractivity contribution in [3.8, 4) is 0 Å². The Balaban J connectivity index is 2.16. The molecule has 1 heteroatoms. The predicted octanol–water partition coefficient (Wildman–Crippen LogP) is 8.90. The van der Waals surface area contributed by atoms with Crippen LogP contribution in [0, 0.1) is 0 Å². The van der Waals surface area contributed by atoms with Gasteiger partial charge in [0.05, 0.1) is 6.10 Å². The van der Waals surface area contributed by atoms with Crippen LogP contribution in [0.2, 0.25) is 0 Å². The van der Waals surface area contributed by atoms with Gasteiger partial charge in [0.2, 0.25) is 0 Å². The van der Waals surface area contributed by atoms with Crippen LogP contribution in [0.5, 0.6) is 0 Å². The van der Waals surface area contributed by atoms with E-state index in [1.165, 1.54) is 108 Å². The lowest BCUT2D eigenvalue weighted by atomic mass is 10.0. The van der Waals surface area contributed by atoms with E-state index in [0.29, 0.717) is 6.10 Å². The molecule has 1 rings (SSSR count). The summed E-state index contributed by atoms with van der Waals surface area (Å²) in [5, 5.41) is 0. The second-order valence-corrected chi connectivity index (χ2v) is 8.57. The first-order valence-corrected chi connectivity index (χ1v) is 12.5. The molecule has 1 aromatic rings. The molecule has 0 aliphatic carbocycles. The number of hydrogen-bond acceptors (Lipinski definition) is 1. The van der Waals surface area contributed by atoms with Gasteiger partial charge in [-0.1, -0.05) is 134 Å². The van der Waals surface area contributed by atoms with Crippen LogP contribution in [0.3, 0.4) is 0 Å². The highest BCUT2D eigenvalue weighted by atomic mass is 16.5. The van der Waals surface area contributed by atoms with Gasteiger partial charge in [-0.25, -0.2) is 0 Å². The topological polar surface area (TPSA) is 9.23 Å². The largest absolute Gasteiger partial charge is 0.378 e. The SMILES string of the molecule is CCCCCCCCCCOC(CCCCCCCCC)Cc1ccccc1. The van der Waals surface area contributed by atoms with Crippen molar-refractivity contribution in [2.24, 2.45) is 0 Å². The van der Waals surface area contributed by atoms with Crippen LogP contribution in [0.25, 0.3) is 0 Å².